The van der Waals surface area contributed by atoms with E-state index in [0.717, 1.165) is 55.8 Å². The van der Waals surface area contributed by atoms with Crippen molar-refractivity contribution in [1.29, 1.82) is 0 Å². The van der Waals surface area contributed by atoms with Crippen LogP contribution >= 0.6 is 0 Å². The van der Waals surface area contributed by atoms with Crippen molar-refractivity contribution in [3.63, 3.8) is 0 Å². The number of fused-ring (bicyclic) bond motifs is 5. The summed E-state index contributed by atoms with van der Waals surface area (Å²) in [6, 6.07) is 0. The van der Waals surface area contributed by atoms with E-state index in [1.54, 1.807) is 7.11 Å². The van der Waals surface area contributed by atoms with Crippen LogP contribution in [0, 0.1) is 52.3 Å². The van der Waals surface area contributed by atoms with Gasteiger partial charge in [-0.1, -0.05) is 47.0 Å². The number of carboxylic acid groups (broad SMARTS) is 1. The maximum atomic E-state index is 12.9. The van der Waals surface area contributed by atoms with E-state index < -0.39 is 11.4 Å². The number of rotatable bonds is 7. The number of carbonyl (C=O) groups is 1. The van der Waals surface area contributed by atoms with Crippen LogP contribution < -0.4 is 0 Å². The highest BCUT2D eigenvalue weighted by molar-refractivity contribution is 5.76. The third-order valence-corrected chi connectivity index (χ3v) is 11.0. The highest BCUT2D eigenvalue weighted by Crippen LogP contribution is 2.68. The van der Waals surface area contributed by atoms with Crippen LogP contribution in [0.4, 0.5) is 0 Å². The van der Waals surface area contributed by atoms with E-state index in [0.29, 0.717) is 23.2 Å². The van der Waals surface area contributed by atoms with Crippen molar-refractivity contribution in [1.82, 2.24) is 0 Å². The zero-order valence-corrected chi connectivity index (χ0v) is 20.9. The zero-order chi connectivity index (χ0) is 22.4. The van der Waals surface area contributed by atoms with Crippen LogP contribution in [0.3, 0.4) is 0 Å². The molecular weight excluding hydrogens is 384 g/mol. The van der Waals surface area contributed by atoms with Gasteiger partial charge in [-0.25, -0.2) is 0 Å². The average molecular weight is 433 g/mol. The quantitative estimate of drug-likeness (QED) is 0.463. The Balaban J connectivity index is 1.54. The predicted octanol–water partition coefficient (Wildman–Crippen LogP) is 7.19. The van der Waals surface area contributed by atoms with Crippen LogP contribution in [-0.2, 0) is 9.53 Å². The van der Waals surface area contributed by atoms with Gasteiger partial charge in [0.2, 0.25) is 0 Å². The molecule has 0 spiro atoms. The molecule has 31 heavy (non-hydrogen) atoms. The summed E-state index contributed by atoms with van der Waals surface area (Å²) < 4.78 is 5.74. The highest BCUT2D eigenvalue weighted by Gasteiger charge is 2.64. The molecule has 3 heteroatoms. The summed E-state index contributed by atoms with van der Waals surface area (Å²) in [5, 5.41) is 10.6. The highest BCUT2D eigenvalue weighted by atomic mass is 16.5. The number of ether oxygens (including phenoxy) is 1. The third-order valence-electron chi connectivity index (χ3n) is 11.0. The molecule has 178 valence electrons. The van der Waals surface area contributed by atoms with Crippen LogP contribution in [0.2, 0.25) is 0 Å². The molecule has 4 aliphatic carbocycles. The first-order valence-corrected chi connectivity index (χ1v) is 13.5. The van der Waals surface area contributed by atoms with Gasteiger partial charge in [0, 0.05) is 7.11 Å². The molecule has 0 aliphatic heterocycles. The molecule has 0 radical (unpaired) electrons. The van der Waals surface area contributed by atoms with Gasteiger partial charge in [-0.3, -0.25) is 4.79 Å². The molecule has 9 atom stereocenters. The summed E-state index contributed by atoms with van der Waals surface area (Å²) >= 11 is 0. The van der Waals surface area contributed by atoms with Gasteiger partial charge < -0.3 is 9.84 Å². The van der Waals surface area contributed by atoms with E-state index in [9.17, 15) is 9.90 Å². The maximum Gasteiger partial charge on any atom is 0.310 e. The Morgan fingerprint density at radius 3 is 2.42 bits per heavy atom. The van der Waals surface area contributed by atoms with Gasteiger partial charge in [-0.05, 0) is 105 Å². The molecule has 4 rings (SSSR count). The summed E-state index contributed by atoms with van der Waals surface area (Å²) in [6.07, 6.45) is 14.6. The molecule has 4 fully saturated rings. The fourth-order valence-electron chi connectivity index (χ4n) is 9.52. The van der Waals surface area contributed by atoms with Crippen molar-refractivity contribution >= 4 is 5.97 Å². The maximum absolute atomic E-state index is 12.9. The first kappa shape index (κ1) is 23.6. The molecule has 3 nitrogen and oxygen atoms in total. The summed E-state index contributed by atoms with van der Waals surface area (Å²) in [6.45, 7) is 9.80. The summed E-state index contributed by atoms with van der Waals surface area (Å²) in [4.78, 5) is 12.9. The second-order valence-corrected chi connectivity index (χ2v) is 12.7. The zero-order valence-electron chi connectivity index (χ0n) is 20.9. The lowest BCUT2D eigenvalue weighted by molar-refractivity contribution is -0.188. The van der Waals surface area contributed by atoms with Crippen LogP contribution in [0.25, 0.3) is 0 Å². The smallest absolute Gasteiger partial charge is 0.310 e. The Morgan fingerprint density at radius 2 is 1.74 bits per heavy atom. The lowest BCUT2D eigenvalue weighted by atomic mass is 9.43. The lowest BCUT2D eigenvalue weighted by Gasteiger charge is -2.60. The van der Waals surface area contributed by atoms with E-state index in [4.69, 9.17) is 4.74 Å². The Hall–Kier alpha value is -0.570. The third kappa shape index (κ3) is 3.89. The van der Waals surface area contributed by atoms with Crippen molar-refractivity contribution in [3.8, 4) is 0 Å². The van der Waals surface area contributed by atoms with Gasteiger partial charge in [0.15, 0.2) is 0 Å². The summed E-state index contributed by atoms with van der Waals surface area (Å²) in [7, 11) is 1.78. The van der Waals surface area contributed by atoms with Gasteiger partial charge >= 0.3 is 5.97 Å². The summed E-state index contributed by atoms with van der Waals surface area (Å²) in [5.74, 6) is 4.05. The number of carboxylic acids is 1. The molecule has 0 bridgehead atoms. The molecule has 4 aliphatic rings. The van der Waals surface area contributed by atoms with E-state index in [1.807, 2.05) is 0 Å². The Labute approximate surface area is 191 Å². The van der Waals surface area contributed by atoms with Crippen LogP contribution in [-0.4, -0.2) is 24.3 Å². The van der Waals surface area contributed by atoms with Gasteiger partial charge in [0.05, 0.1) is 11.5 Å². The second-order valence-electron chi connectivity index (χ2n) is 12.7. The molecule has 1 N–H and O–H groups in total. The van der Waals surface area contributed by atoms with Gasteiger partial charge in [-0.2, -0.15) is 0 Å². The molecule has 0 amide bonds. The Kier molecular flexibility index (Phi) is 6.84. The largest absolute Gasteiger partial charge is 0.481 e. The van der Waals surface area contributed by atoms with E-state index >= 15 is 0 Å². The van der Waals surface area contributed by atoms with Crippen LogP contribution in [0.5, 0.6) is 0 Å². The van der Waals surface area contributed by atoms with Gasteiger partial charge in [-0.15, -0.1) is 0 Å². The van der Waals surface area contributed by atoms with Crippen molar-refractivity contribution in [2.24, 2.45) is 52.3 Å². The number of aliphatic carboxylic acids is 1. The number of hydrogen-bond acceptors (Lipinski definition) is 2. The molecular formula is C28H48O3. The summed E-state index contributed by atoms with van der Waals surface area (Å²) in [5.41, 5.74) is -0.0928. The minimum Gasteiger partial charge on any atom is -0.481 e. The molecule has 4 saturated carbocycles. The second kappa shape index (κ2) is 8.99. The standard InChI is InChI=1S/C28H48O3/c1-18(2)7-6-8-19(3)23-13-14-24-22-12-10-20-9-11-21(31-5)17-28(20,26(29)30)25(22)15-16-27(23,24)4/h18-25H,6-17H2,1-5H3,(H,29,30)/t19-,20-,21+,22+,23-,24+,25+,27-,28-/m1/s1. The molecule has 0 aromatic carbocycles. The van der Waals surface area contributed by atoms with Crippen molar-refractivity contribution in [3.05, 3.63) is 0 Å². The van der Waals surface area contributed by atoms with Crippen LogP contribution in [0.15, 0.2) is 0 Å². The number of methoxy groups -OCH3 is 1. The number of hydrogen-bond donors (Lipinski definition) is 1. The monoisotopic (exact) mass is 432 g/mol. The van der Waals surface area contributed by atoms with Gasteiger partial charge in [0.25, 0.3) is 0 Å². The molecule has 0 heterocycles. The minimum atomic E-state index is -0.524. The van der Waals surface area contributed by atoms with E-state index in [2.05, 4.69) is 27.7 Å². The molecule has 0 aromatic heterocycles. The Bertz CT molecular complexity index is 644. The average Bonchev–Trinajstić information content (AvgIpc) is 3.09. The van der Waals surface area contributed by atoms with E-state index in [1.165, 1.54) is 44.9 Å². The first-order valence-electron chi connectivity index (χ1n) is 13.5. The lowest BCUT2D eigenvalue weighted by Crippen LogP contribution is -2.59. The van der Waals surface area contributed by atoms with Gasteiger partial charge in [0.1, 0.15) is 0 Å². The van der Waals surface area contributed by atoms with Crippen molar-refractivity contribution in [2.45, 2.75) is 111 Å². The van der Waals surface area contributed by atoms with E-state index in [-0.39, 0.29) is 6.10 Å². The SMILES string of the molecule is CO[C@H]1CC[C@@H]2CC[C@H]3[C@@H]4CC[C@H]([C@H](C)CCCC(C)C)[C@@]4(C)CC[C@@H]3[C@@]2(C(=O)O)C1. The molecule has 0 aromatic rings. The predicted molar refractivity (Wildman–Crippen MR) is 126 cm³/mol. The van der Waals surface area contributed by atoms with Crippen LogP contribution in [0.1, 0.15) is 105 Å². The Morgan fingerprint density at radius 1 is 1.00 bits per heavy atom. The van der Waals surface area contributed by atoms with Crippen molar-refractivity contribution < 1.29 is 14.6 Å². The minimum absolute atomic E-state index is 0.136. The molecule has 0 unspecified atom stereocenters. The van der Waals surface area contributed by atoms with Crippen molar-refractivity contribution in [2.75, 3.05) is 7.11 Å². The topological polar surface area (TPSA) is 46.5 Å². The normalized spacial score (nSPS) is 45.6. The molecule has 0 saturated heterocycles. The first-order chi connectivity index (χ1) is 14.7. The fraction of sp³-hybridized carbons (Fsp3) is 0.964. The fourth-order valence-corrected chi connectivity index (χ4v) is 9.52.